The molecule has 144 valence electrons. The Kier molecular flexibility index (Phi) is 6.95. The summed E-state index contributed by atoms with van der Waals surface area (Å²) in [5, 5.41) is 3.93. The molecule has 1 N–H and O–H groups in total. The predicted octanol–water partition coefficient (Wildman–Crippen LogP) is 2.64. The van der Waals surface area contributed by atoms with Crippen LogP contribution >= 0.6 is 0 Å². The third-order valence-corrected chi connectivity index (χ3v) is 4.93. The second-order valence-electron chi connectivity index (χ2n) is 5.89. The summed E-state index contributed by atoms with van der Waals surface area (Å²) < 4.78 is 29.7. The van der Waals surface area contributed by atoms with Crippen molar-refractivity contribution in [2.75, 3.05) is 24.2 Å². The van der Waals surface area contributed by atoms with Crippen molar-refractivity contribution >= 4 is 27.8 Å². The molecule has 0 spiro atoms. The number of nitrogens with zero attached hydrogens (tertiary/aromatic N) is 2. The van der Waals surface area contributed by atoms with Crippen LogP contribution in [-0.4, -0.2) is 40.4 Å². The number of nitrogens with one attached hydrogen (secondary N) is 1. The normalized spacial score (nSPS) is 11.4. The fraction of sp³-hybridized carbons (Fsp3) is 0.263. The second-order valence-corrected chi connectivity index (χ2v) is 7.91. The molecule has 0 fully saturated rings. The molecule has 0 aromatic heterocycles. The first-order chi connectivity index (χ1) is 12.8. The Morgan fingerprint density at radius 1 is 1.15 bits per heavy atom. The number of sulfonamides is 1. The van der Waals surface area contributed by atoms with Crippen molar-refractivity contribution in [2.45, 2.75) is 13.3 Å². The number of carbonyl (C=O) groups is 1. The minimum atomic E-state index is -3.34. The van der Waals surface area contributed by atoms with Crippen molar-refractivity contribution in [3.63, 3.8) is 0 Å². The number of hydrazone groups is 1. The van der Waals surface area contributed by atoms with E-state index in [2.05, 4.69) is 10.5 Å². The number of rotatable bonds is 8. The molecule has 0 heterocycles. The fourth-order valence-electron chi connectivity index (χ4n) is 2.11. The lowest BCUT2D eigenvalue weighted by Gasteiger charge is -2.16. The maximum absolute atomic E-state index is 12.1. The molecule has 2 aromatic rings. The molecular formula is C19H23N3O4S. The average Bonchev–Trinajstić information content (AvgIpc) is 2.66. The summed E-state index contributed by atoms with van der Waals surface area (Å²) in [6, 6.07) is 13.6. The van der Waals surface area contributed by atoms with Gasteiger partial charge in [-0.3, -0.25) is 9.10 Å². The minimum absolute atomic E-state index is 0.376. The maximum atomic E-state index is 12.1. The lowest BCUT2D eigenvalue weighted by atomic mass is 10.2. The Morgan fingerprint density at radius 3 is 2.33 bits per heavy atom. The number of hydrogen-bond acceptors (Lipinski definition) is 5. The Bertz CT molecular complexity index is 892. The molecule has 0 saturated heterocycles. The van der Waals surface area contributed by atoms with Crippen molar-refractivity contribution < 1.29 is 17.9 Å². The molecule has 0 atom stereocenters. The minimum Gasteiger partial charge on any atom is -0.494 e. The maximum Gasteiger partial charge on any atom is 0.271 e. The van der Waals surface area contributed by atoms with Gasteiger partial charge in [0, 0.05) is 12.6 Å². The van der Waals surface area contributed by atoms with E-state index in [1.165, 1.54) is 13.3 Å². The van der Waals surface area contributed by atoms with Gasteiger partial charge in [0.25, 0.3) is 5.91 Å². The van der Waals surface area contributed by atoms with Crippen LogP contribution in [0.25, 0.3) is 0 Å². The highest BCUT2D eigenvalue weighted by Gasteiger charge is 2.12. The highest BCUT2D eigenvalue weighted by atomic mass is 32.2. The van der Waals surface area contributed by atoms with Crippen LogP contribution in [0.1, 0.15) is 29.3 Å². The van der Waals surface area contributed by atoms with Gasteiger partial charge in [-0.25, -0.2) is 13.8 Å². The molecule has 0 radical (unpaired) electrons. The van der Waals surface area contributed by atoms with E-state index in [1.807, 2.05) is 31.2 Å². The van der Waals surface area contributed by atoms with Crippen molar-refractivity contribution in [1.82, 2.24) is 5.43 Å². The zero-order valence-electron chi connectivity index (χ0n) is 15.5. The molecule has 0 unspecified atom stereocenters. The average molecular weight is 389 g/mol. The van der Waals surface area contributed by atoms with Crippen LogP contribution in [0, 0.1) is 0 Å². The number of amides is 1. The molecule has 2 rings (SSSR count). The molecule has 7 nitrogen and oxygen atoms in total. The van der Waals surface area contributed by atoms with Crippen LogP contribution < -0.4 is 14.5 Å². The zero-order chi connectivity index (χ0) is 19.9. The summed E-state index contributed by atoms with van der Waals surface area (Å²) in [5.74, 6) is 0.403. The number of anilines is 1. The quantitative estimate of drug-likeness (QED) is 0.555. The van der Waals surface area contributed by atoms with E-state index < -0.39 is 10.0 Å². The molecule has 0 aliphatic rings. The number of hydrogen-bond donors (Lipinski definition) is 1. The van der Waals surface area contributed by atoms with Crippen molar-refractivity contribution in [3.8, 4) is 5.75 Å². The third-order valence-electron chi connectivity index (χ3n) is 3.72. The van der Waals surface area contributed by atoms with Crippen molar-refractivity contribution in [3.05, 3.63) is 59.7 Å². The topological polar surface area (TPSA) is 88.1 Å². The largest absolute Gasteiger partial charge is 0.494 e. The third kappa shape index (κ3) is 6.10. The standard InChI is InChI=1S/C19H23N3O4S/c1-4-13-26-18-11-5-15(6-12-18)14-20-21-19(23)16-7-9-17(10-8-16)22(2)27(3,24)25/h5-12,14H,4,13H2,1-3H3,(H,21,23)/b20-14-. The smallest absolute Gasteiger partial charge is 0.271 e. The van der Waals surface area contributed by atoms with E-state index in [4.69, 9.17) is 4.74 Å². The van der Waals surface area contributed by atoms with E-state index in [9.17, 15) is 13.2 Å². The second kappa shape index (κ2) is 9.18. The Morgan fingerprint density at radius 2 is 1.78 bits per heavy atom. The van der Waals surface area contributed by atoms with E-state index >= 15 is 0 Å². The van der Waals surface area contributed by atoms with E-state index in [0.717, 1.165) is 28.3 Å². The van der Waals surface area contributed by atoms with E-state index in [1.54, 1.807) is 24.3 Å². The molecule has 1 amide bonds. The summed E-state index contributed by atoms with van der Waals surface area (Å²) in [4.78, 5) is 12.1. The Labute approximate surface area is 159 Å². The van der Waals surface area contributed by atoms with Gasteiger partial charge in [0.15, 0.2) is 0 Å². The van der Waals surface area contributed by atoms with E-state index in [0.29, 0.717) is 17.9 Å². The van der Waals surface area contributed by atoms with Gasteiger partial charge in [-0.2, -0.15) is 5.10 Å². The SMILES string of the molecule is CCCOc1ccc(/C=N\NC(=O)c2ccc(N(C)S(C)(=O)=O)cc2)cc1. The van der Waals surface area contributed by atoms with Gasteiger partial charge in [-0.1, -0.05) is 6.92 Å². The molecule has 8 heteroatoms. The van der Waals surface area contributed by atoms with Gasteiger partial charge >= 0.3 is 0 Å². The highest BCUT2D eigenvalue weighted by Crippen LogP contribution is 2.16. The first-order valence-electron chi connectivity index (χ1n) is 8.41. The molecule has 0 saturated carbocycles. The van der Waals surface area contributed by atoms with Gasteiger partial charge in [-0.05, 0) is 60.5 Å². The van der Waals surface area contributed by atoms with Gasteiger partial charge in [0.1, 0.15) is 5.75 Å². The fourth-order valence-corrected chi connectivity index (χ4v) is 2.62. The van der Waals surface area contributed by atoms with Crippen LogP contribution in [0.3, 0.4) is 0 Å². The van der Waals surface area contributed by atoms with Crippen LogP contribution in [0.2, 0.25) is 0 Å². The lowest BCUT2D eigenvalue weighted by molar-refractivity contribution is 0.0955. The van der Waals surface area contributed by atoms with Gasteiger partial charge in [0.05, 0.1) is 24.8 Å². The zero-order valence-corrected chi connectivity index (χ0v) is 16.4. The number of benzene rings is 2. The number of ether oxygens (including phenoxy) is 1. The van der Waals surface area contributed by atoms with Crippen molar-refractivity contribution in [1.29, 1.82) is 0 Å². The summed E-state index contributed by atoms with van der Waals surface area (Å²) in [6.45, 7) is 2.71. The summed E-state index contributed by atoms with van der Waals surface area (Å²) in [7, 11) is -1.89. The Hall–Kier alpha value is -2.87. The van der Waals surface area contributed by atoms with Gasteiger partial charge in [0.2, 0.25) is 10.0 Å². The van der Waals surface area contributed by atoms with Crippen LogP contribution in [0.4, 0.5) is 5.69 Å². The summed E-state index contributed by atoms with van der Waals surface area (Å²) in [5.41, 5.74) is 4.12. The van der Waals surface area contributed by atoms with Crippen molar-refractivity contribution in [2.24, 2.45) is 5.10 Å². The van der Waals surface area contributed by atoms with Gasteiger partial charge in [-0.15, -0.1) is 0 Å². The van der Waals surface area contributed by atoms with Crippen LogP contribution in [-0.2, 0) is 10.0 Å². The van der Waals surface area contributed by atoms with Crippen LogP contribution in [0.15, 0.2) is 53.6 Å². The first kappa shape index (κ1) is 20.4. The van der Waals surface area contributed by atoms with E-state index in [-0.39, 0.29) is 5.91 Å². The first-order valence-corrected chi connectivity index (χ1v) is 10.3. The molecule has 0 aliphatic carbocycles. The molecule has 2 aromatic carbocycles. The molecule has 0 bridgehead atoms. The Balaban J connectivity index is 1.94. The van der Waals surface area contributed by atoms with Crippen LogP contribution in [0.5, 0.6) is 5.75 Å². The molecule has 27 heavy (non-hydrogen) atoms. The molecule has 0 aliphatic heterocycles. The lowest BCUT2D eigenvalue weighted by Crippen LogP contribution is -2.25. The monoisotopic (exact) mass is 389 g/mol. The predicted molar refractivity (Wildman–Crippen MR) is 107 cm³/mol. The molecular weight excluding hydrogens is 366 g/mol. The summed E-state index contributed by atoms with van der Waals surface area (Å²) >= 11 is 0. The number of carbonyl (C=O) groups excluding carboxylic acids is 1. The summed E-state index contributed by atoms with van der Waals surface area (Å²) in [6.07, 6.45) is 3.60. The van der Waals surface area contributed by atoms with Gasteiger partial charge < -0.3 is 4.74 Å². The highest BCUT2D eigenvalue weighted by molar-refractivity contribution is 7.92.